The number of rotatable bonds is 4. The summed E-state index contributed by atoms with van der Waals surface area (Å²) in [6.07, 6.45) is 1.84. The van der Waals surface area contributed by atoms with Crippen LogP contribution in [0.15, 0.2) is 42.6 Å². The average molecular weight is 396 g/mol. The van der Waals surface area contributed by atoms with Crippen LogP contribution in [0.1, 0.15) is 10.5 Å². The monoisotopic (exact) mass is 395 g/mol. The Balaban J connectivity index is 1.33. The molecule has 7 heteroatoms. The van der Waals surface area contributed by atoms with E-state index in [1.807, 2.05) is 35.4 Å². The molecule has 2 saturated heterocycles. The van der Waals surface area contributed by atoms with Gasteiger partial charge in [0.25, 0.3) is 5.91 Å². The Bertz CT molecular complexity index is 808. The van der Waals surface area contributed by atoms with E-state index in [0.29, 0.717) is 5.69 Å². The number of methoxy groups -OCH3 is 1. The van der Waals surface area contributed by atoms with Gasteiger partial charge >= 0.3 is 0 Å². The first kappa shape index (κ1) is 19.5. The molecule has 7 nitrogen and oxygen atoms in total. The number of carbonyl (C=O) groups excluding carboxylic acids is 1. The molecule has 4 rings (SSSR count). The minimum absolute atomic E-state index is 0.0361. The molecule has 0 spiro atoms. The molecule has 2 aliphatic heterocycles. The molecule has 0 bridgehead atoms. The summed E-state index contributed by atoms with van der Waals surface area (Å²) < 4.78 is 5.24. The molecule has 0 N–H and O–H groups in total. The highest BCUT2D eigenvalue weighted by atomic mass is 16.5. The van der Waals surface area contributed by atoms with E-state index in [1.165, 1.54) is 5.69 Å². The molecule has 3 heterocycles. The number of benzene rings is 1. The van der Waals surface area contributed by atoms with Crippen molar-refractivity contribution in [2.24, 2.45) is 0 Å². The number of nitrogens with zero attached hydrogens (tertiary/aromatic N) is 5. The summed E-state index contributed by atoms with van der Waals surface area (Å²) in [5, 5.41) is 0. The maximum atomic E-state index is 12.7. The van der Waals surface area contributed by atoms with E-state index in [1.54, 1.807) is 7.11 Å². The zero-order chi connectivity index (χ0) is 20.2. The van der Waals surface area contributed by atoms with Gasteiger partial charge in [-0.25, -0.2) is 4.98 Å². The molecule has 1 aromatic carbocycles. The summed E-state index contributed by atoms with van der Waals surface area (Å²) in [7, 11) is 3.77. The van der Waals surface area contributed by atoms with Gasteiger partial charge in [0.05, 0.1) is 19.0 Å². The van der Waals surface area contributed by atoms with E-state index < -0.39 is 0 Å². The fourth-order valence-corrected chi connectivity index (χ4v) is 3.89. The first-order valence-corrected chi connectivity index (χ1v) is 10.2. The van der Waals surface area contributed by atoms with Crippen LogP contribution in [0.25, 0.3) is 0 Å². The highest BCUT2D eigenvalue weighted by molar-refractivity contribution is 5.92. The number of hydrogen-bond acceptors (Lipinski definition) is 6. The maximum Gasteiger partial charge on any atom is 0.272 e. The van der Waals surface area contributed by atoms with Gasteiger partial charge in [-0.1, -0.05) is 0 Å². The average Bonchev–Trinajstić information content (AvgIpc) is 2.79. The van der Waals surface area contributed by atoms with Crippen molar-refractivity contribution in [3.8, 4) is 5.75 Å². The van der Waals surface area contributed by atoms with Crippen molar-refractivity contribution >= 4 is 17.3 Å². The quantitative estimate of drug-likeness (QED) is 0.787. The number of ether oxygens (including phenoxy) is 1. The minimum atomic E-state index is 0.0361. The van der Waals surface area contributed by atoms with Crippen LogP contribution < -0.4 is 14.5 Å². The van der Waals surface area contributed by atoms with Crippen molar-refractivity contribution in [3.05, 3.63) is 48.3 Å². The fourth-order valence-electron chi connectivity index (χ4n) is 3.89. The number of carbonyl (C=O) groups is 1. The molecule has 0 radical (unpaired) electrons. The third-order valence-corrected chi connectivity index (χ3v) is 5.84. The molecule has 0 atom stereocenters. The zero-order valence-electron chi connectivity index (χ0n) is 17.3. The highest BCUT2D eigenvalue weighted by Crippen LogP contribution is 2.22. The van der Waals surface area contributed by atoms with E-state index in [0.717, 1.165) is 63.8 Å². The SMILES string of the molecule is COc1ccc(N2CCN(c3ccc(C(=O)N4CCN(C)CC4)nc3)CC2)cc1. The molecule has 154 valence electrons. The van der Waals surface area contributed by atoms with Gasteiger partial charge in [0.1, 0.15) is 11.4 Å². The number of amides is 1. The first-order valence-electron chi connectivity index (χ1n) is 10.2. The molecular formula is C22H29N5O2. The van der Waals surface area contributed by atoms with Crippen LogP contribution in [0, 0.1) is 0 Å². The van der Waals surface area contributed by atoms with Gasteiger partial charge in [0.2, 0.25) is 0 Å². The number of likely N-dealkylation sites (N-methyl/N-ethyl adjacent to an activating group) is 1. The Kier molecular flexibility index (Phi) is 5.85. The predicted octanol–water partition coefficient (Wildman–Crippen LogP) is 1.80. The lowest BCUT2D eigenvalue weighted by Crippen LogP contribution is -2.47. The van der Waals surface area contributed by atoms with Gasteiger partial charge in [-0.15, -0.1) is 0 Å². The van der Waals surface area contributed by atoms with Crippen LogP contribution >= 0.6 is 0 Å². The van der Waals surface area contributed by atoms with Crippen molar-refractivity contribution in [3.63, 3.8) is 0 Å². The second-order valence-corrected chi connectivity index (χ2v) is 7.67. The van der Waals surface area contributed by atoms with E-state index >= 15 is 0 Å². The maximum absolute atomic E-state index is 12.7. The predicted molar refractivity (Wildman–Crippen MR) is 115 cm³/mol. The topological polar surface area (TPSA) is 52.2 Å². The summed E-state index contributed by atoms with van der Waals surface area (Å²) in [5.74, 6) is 0.915. The molecule has 2 fully saturated rings. The molecule has 0 aliphatic carbocycles. The van der Waals surface area contributed by atoms with Crippen molar-refractivity contribution in [1.82, 2.24) is 14.8 Å². The van der Waals surface area contributed by atoms with Gasteiger partial charge in [-0.05, 0) is 43.4 Å². The van der Waals surface area contributed by atoms with Crippen molar-refractivity contribution in [1.29, 1.82) is 0 Å². The third kappa shape index (κ3) is 4.45. The van der Waals surface area contributed by atoms with Gasteiger partial charge < -0.3 is 24.3 Å². The zero-order valence-corrected chi connectivity index (χ0v) is 17.3. The van der Waals surface area contributed by atoms with Gasteiger partial charge in [-0.3, -0.25) is 4.79 Å². The number of pyridine rings is 1. The van der Waals surface area contributed by atoms with Crippen LogP contribution in [-0.4, -0.2) is 87.2 Å². The molecule has 2 aromatic rings. The first-order chi connectivity index (χ1) is 14.1. The number of piperazine rings is 2. The van der Waals surface area contributed by atoms with Crippen LogP contribution in [0.3, 0.4) is 0 Å². The molecule has 2 aliphatic rings. The lowest BCUT2D eigenvalue weighted by molar-refractivity contribution is 0.0658. The van der Waals surface area contributed by atoms with Crippen LogP contribution in [0.5, 0.6) is 5.75 Å². The van der Waals surface area contributed by atoms with E-state index in [9.17, 15) is 4.79 Å². The van der Waals surface area contributed by atoms with Crippen molar-refractivity contribution < 1.29 is 9.53 Å². The summed E-state index contributed by atoms with van der Waals surface area (Å²) >= 11 is 0. The molecule has 1 aromatic heterocycles. The third-order valence-electron chi connectivity index (χ3n) is 5.84. The van der Waals surface area contributed by atoms with Crippen LogP contribution in [-0.2, 0) is 0 Å². The second kappa shape index (κ2) is 8.69. The van der Waals surface area contributed by atoms with E-state index in [4.69, 9.17) is 4.74 Å². The molecule has 1 amide bonds. The number of aromatic nitrogens is 1. The molecular weight excluding hydrogens is 366 g/mol. The Morgan fingerprint density at radius 3 is 1.97 bits per heavy atom. The van der Waals surface area contributed by atoms with Gasteiger partial charge in [-0.2, -0.15) is 0 Å². The van der Waals surface area contributed by atoms with Crippen LogP contribution in [0.2, 0.25) is 0 Å². The standard InChI is InChI=1S/C22H29N5O2/c1-24-9-11-27(12-10-24)22(28)21-8-5-19(17-23-21)26-15-13-25(14-16-26)18-3-6-20(29-2)7-4-18/h3-8,17H,9-16H2,1-2H3. The van der Waals surface area contributed by atoms with E-state index in [-0.39, 0.29) is 5.91 Å². The highest BCUT2D eigenvalue weighted by Gasteiger charge is 2.22. The lowest BCUT2D eigenvalue weighted by atomic mass is 10.2. The summed E-state index contributed by atoms with van der Waals surface area (Å²) in [5.41, 5.74) is 2.83. The number of anilines is 2. The van der Waals surface area contributed by atoms with Gasteiger partial charge in [0, 0.05) is 58.0 Å². The van der Waals surface area contributed by atoms with Crippen LogP contribution in [0.4, 0.5) is 11.4 Å². The van der Waals surface area contributed by atoms with Crippen molar-refractivity contribution in [2.45, 2.75) is 0 Å². The Labute approximate surface area is 172 Å². The summed E-state index contributed by atoms with van der Waals surface area (Å²) in [6.45, 7) is 7.14. The summed E-state index contributed by atoms with van der Waals surface area (Å²) in [4.78, 5) is 26.0. The normalized spacial score (nSPS) is 18.1. The number of hydrogen-bond donors (Lipinski definition) is 0. The smallest absolute Gasteiger partial charge is 0.272 e. The minimum Gasteiger partial charge on any atom is -0.497 e. The Morgan fingerprint density at radius 1 is 0.828 bits per heavy atom. The Hall–Kier alpha value is -2.80. The van der Waals surface area contributed by atoms with E-state index in [2.05, 4.69) is 38.9 Å². The molecule has 29 heavy (non-hydrogen) atoms. The lowest BCUT2D eigenvalue weighted by Gasteiger charge is -2.37. The molecule has 0 unspecified atom stereocenters. The van der Waals surface area contributed by atoms with Gasteiger partial charge in [0.15, 0.2) is 0 Å². The fraction of sp³-hybridized carbons (Fsp3) is 0.455. The Morgan fingerprint density at radius 2 is 1.41 bits per heavy atom. The summed E-state index contributed by atoms with van der Waals surface area (Å²) in [6, 6.07) is 12.1. The van der Waals surface area contributed by atoms with Crippen molar-refractivity contribution in [2.75, 3.05) is 76.3 Å². The largest absolute Gasteiger partial charge is 0.497 e. The molecule has 0 saturated carbocycles. The second-order valence-electron chi connectivity index (χ2n) is 7.67.